The van der Waals surface area contributed by atoms with Crippen molar-refractivity contribution in [3.05, 3.63) is 121 Å². The lowest BCUT2D eigenvalue weighted by molar-refractivity contribution is -0.112. The van der Waals surface area contributed by atoms with Crippen molar-refractivity contribution < 1.29 is 28.5 Å². The standard InChI is InChI=1S/C38H36Br2O6/c1-24-31(42-2)20-29(36(33(24)39)45-22-25-12-7-5-8-13-25)18-27-16-11-17-28(35(27)41)19-30-21-32(43-3)38(44-4)34(40)37(30)46-23-26-14-9-6-10-15-26/h5-10,12-15,18-21H,11,16-17,22-23H2,1-4H3/b27-18+,28-19+. The Kier molecular flexibility index (Phi) is 11.3. The lowest BCUT2D eigenvalue weighted by Crippen LogP contribution is -2.13. The number of ketones is 1. The van der Waals surface area contributed by atoms with Crippen LogP contribution in [0.5, 0.6) is 28.7 Å². The summed E-state index contributed by atoms with van der Waals surface area (Å²) in [5.74, 6) is 2.98. The van der Waals surface area contributed by atoms with Gasteiger partial charge in [-0.2, -0.15) is 0 Å². The molecule has 8 heteroatoms. The van der Waals surface area contributed by atoms with Crippen molar-refractivity contribution in [2.45, 2.75) is 39.4 Å². The summed E-state index contributed by atoms with van der Waals surface area (Å²) in [5.41, 5.74) is 5.87. The third-order valence-corrected chi connectivity index (χ3v) is 9.52. The molecule has 1 fully saturated rings. The van der Waals surface area contributed by atoms with Gasteiger partial charge in [-0.05, 0) is 93.5 Å². The minimum atomic E-state index is -0.0177. The van der Waals surface area contributed by atoms with E-state index in [4.69, 9.17) is 23.7 Å². The van der Waals surface area contributed by atoms with E-state index in [2.05, 4.69) is 31.9 Å². The predicted octanol–water partition coefficient (Wildman–Crippen LogP) is 9.92. The zero-order chi connectivity index (χ0) is 32.6. The van der Waals surface area contributed by atoms with Crippen LogP contribution in [0.2, 0.25) is 0 Å². The molecule has 0 heterocycles. The molecule has 1 aliphatic carbocycles. The average molecular weight is 749 g/mol. The van der Waals surface area contributed by atoms with Crippen LogP contribution in [0.1, 0.15) is 47.1 Å². The Morgan fingerprint density at radius 2 is 1.13 bits per heavy atom. The molecular weight excluding hydrogens is 712 g/mol. The second-order valence-corrected chi connectivity index (χ2v) is 12.4. The maximum Gasteiger partial charge on any atom is 0.185 e. The molecule has 5 rings (SSSR count). The van der Waals surface area contributed by atoms with E-state index in [9.17, 15) is 4.79 Å². The van der Waals surface area contributed by atoms with Gasteiger partial charge in [0.25, 0.3) is 0 Å². The highest BCUT2D eigenvalue weighted by molar-refractivity contribution is 9.11. The van der Waals surface area contributed by atoms with E-state index < -0.39 is 0 Å². The molecule has 0 unspecified atom stereocenters. The Morgan fingerprint density at radius 1 is 0.652 bits per heavy atom. The molecule has 0 aliphatic heterocycles. The van der Waals surface area contributed by atoms with E-state index in [1.54, 1.807) is 21.3 Å². The fourth-order valence-electron chi connectivity index (χ4n) is 5.41. The van der Waals surface area contributed by atoms with Crippen LogP contribution < -0.4 is 23.7 Å². The Hall–Kier alpha value is -4.01. The zero-order valence-corrected chi connectivity index (χ0v) is 29.5. The van der Waals surface area contributed by atoms with Gasteiger partial charge in [-0.3, -0.25) is 4.79 Å². The summed E-state index contributed by atoms with van der Waals surface area (Å²) in [6.07, 6.45) is 5.94. The van der Waals surface area contributed by atoms with Gasteiger partial charge in [0.2, 0.25) is 0 Å². The molecule has 0 saturated heterocycles. The van der Waals surface area contributed by atoms with Gasteiger partial charge in [0.15, 0.2) is 17.3 Å². The first-order valence-corrected chi connectivity index (χ1v) is 16.5. The van der Waals surface area contributed by atoms with Gasteiger partial charge >= 0.3 is 0 Å². The average Bonchev–Trinajstić information content (AvgIpc) is 3.08. The minimum Gasteiger partial charge on any atom is -0.496 e. The van der Waals surface area contributed by atoms with Crippen molar-refractivity contribution in [2.75, 3.05) is 21.3 Å². The van der Waals surface area contributed by atoms with Crippen LogP contribution in [-0.4, -0.2) is 27.1 Å². The van der Waals surface area contributed by atoms with Crippen LogP contribution in [0.25, 0.3) is 12.2 Å². The molecule has 4 aromatic carbocycles. The number of hydrogen-bond acceptors (Lipinski definition) is 6. The Morgan fingerprint density at radius 3 is 1.61 bits per heavy atom. The second kappa shape index (κ2) is 15.5. The van der Waals surface area contributed by atoms with E-state index in [1.165, 1.54) is 0 Å². The fourth-order valence-corrected chi connectivity index (χ4v) is 6.64. The van der Waals surface area contributed by atoms with Crippen LogP contribution in [0.4, 0.5) is 0 Å². The van der Waals surface area contributed by atoms with Gasteiger partial charge in [-0.1, -0.05) is 60.7 Å². The first kappa shape index (κ1) is 33.4. The van der Waals surface area contributed by atoms with Gasteiger partial charge in [-0.15, -0.1) is 0 Å². The number of carbonyl (C=O) groups excluding carboxylic acids is 1. The van der Waals surface area contributed by atoms with Crippen molar-refractivity contribution in [3.63, 3.8) is 0 Å². The van der Waals surface area contributed by atoms with E-state index in [0.29, 0.717) is 70.4 Å². The molecule has 0 amide bonds. The molecular formula is C38H36Br2O6. The molecule has 4 aromatic rings. The molecule has 1 aliphatic rings. The molecule has 46 heavy (non-hydrogen) atoms. The minimum absolute atomic E-state index is 0.0177. The highest BCUT2D eigenvalue weighted by atomic mass is 79.9. The predicted molar refractivity (Wildman–Crippen MR) is 189 cm³/mol. The third kappa shape index (κ3) is 7.51. The van der Waals surface area contributed by atoms with Gasteiger partial charge < -0.3 is 23.7 Å². The largest absolute Gasteiger partial charge is 0.496 e. The highest BCUT2D eigenvalue weighted by Gasteiger charge is 2.25. The van der Waals surface area contributed by atoms with E-state index in [-0.39, 0.29) is 5.78 Å². The first-order chi connectivity index (χ1) is 22.3. The number of ether oxygens (including phenoxy) is 5. The number of hydrogen-bond donors (Lipinski definition) is 0. The van der Waals surface area contributed by atoms with Gasteiger partial charge in [0.1, 0.15) is 34.9 Å². The molecule has 0 aromatic heterocycles. The summed E-state index contributed by atoms with van der Waals surface area (Å²) in [7, 11) is 4.81. The lowest BCUT2D eigenvalue weighted by Gasteiger charge is -2.21. The fraction of sp³-hybridized carbons (Fsp3) is 0.237. The van der Waals surface area contributed by atoms with Crippen LogP contribution in [0, 0.1) is 6.92 Å². The number of methoxy groups -OCH3 is 3. The Balaban J connectivity index is 1.52. The number of carbonyl (C=O) groups is 1. The summed E-state index contributed by atoms with van der Waals surface area (Å²) >= 11 is 7.41. The molecule has 6 nitrogen and oxygen atoms in total. The SMILES string of the molecule is COc1cc(/C=C2\CCC/C(=C\c3cc(OC)c(OC)c(Br)c3OCc3ccccc3)C2=O)c(OCc2ccccc2)c(Br)c1C. The summed E-state index contributed by atoms with van der Waals surface area (Å²) in [4.78, 5) is 14.1. The molecule has 0 radical (unpaired) electrons. The summed E-state index contributed by atoms with van der Waals surface area (Å²) in [6.45, 7) is 2.71. The van der Waals surface area contributed by atoms with Crippen LogP contribution in [-0.2, 0) is 18.0 Å². The smallest absolute Gasteiger partial charge is 0.185 e. The van der Waals surface area contributed by atoms with Crippen molar-refractivity contribution in [2.24, 2.45) is 0 Å². The van der Waals surface area contributed by atoms with Crippen molar-refractivity contribution in [1.29, 1.82) is 0 Å². The van der Waals surface area contributed by atoms with Crippen molar-refractivity contribution in [3.8, 4) is 28.7 Å². The van der Waals surface area contributed by atoms with Crippen LogP contribution in [0.15, 0.2) is 92.9 Å². The van der Waals surface area contributed by atoms with Crippen molar-refractivity contribution in [1.82, 2.24) is 0 Å². The summed E-state index contributed by atoms with van der Waals surface area (Å²) in [5, 5.41) is 0. The maximum absolute atomic E-state index is 14.1. The van der Waals surface area contributed by atoms with Crippen LogP contribution in [0.3, 0.4) is 0 Å². The lowest BCUT2D eigenvalue weighted by atomic mass is 9.86. The molecule has 0 spiro atoms. The normalized spacial score (nSPS) is 14.8. The number of halogens is 2. The first-order valence-electron chi connectivity index (χ1n) is 14.9. The number of rotatable bonds is 11. The molecule has 0 bridgehead atoms. The Labute approximate surface area is 287 Å². The molecule has 0 N–H and O–H groups in total. The Bertz CT molecular complexity index is 1760. The van der Waals surface area contributed by atoms with Crippen molar-refractivity contribution >= 4 is 49.8 Å². The number of allylic oxidation sites excluding steroid dienone is 2. The molecule has 0 atom stereocenters. The van der Waals surface area contributed by atoms with Gasteiger partial charge in [0.05, 0.1) is 25.8 Å². The topological polar surface area (TPSA) is 63.2 Å². The zero-order valence-electron chi connectivity index (χ0n) is 26.3. The van der Waals surface area contributed by atoms with Gasteiger partial charge in [0, 0.05) is 27.8 Å². The highest BCUT2D eigenvalue weighted by Crippen LogP contribution is 2.46. The summed E-state index contributed by atoms with van der Waals surface area (Å²) in [6, 6.07) is 23.7. The second-order valence-electron chi connectivity index (χ2n) is 10.9. The summed E-state index contributed by atoms with van der Waals surface area (Å²) < 4.78 is 31.0. The monoisotopic (exact) mass is 746 g/mol. The molecule has 238 valence electrons. The quantitative estimate of drug-likeness (QED) is 0.142. The van der Waals surface area contributed by atoms with Crippen LogP contribution >= 0.6 is 31.9 Å². The third-order valence-electron chi connectivity index (χ3n) is 7.85. The number of benzene rings is 4. The number of Topliss-reactive ketones (excluding diaryl/α,β-unsaturated/α-hetero) is 1. The van der Waals surface area contributed by atoms with Gasteiger partial charge in [-0.25, -0.2) is 0 Å². The van der Waals surface area contributed by atoms with E-state index >= 15 is 0 Å². The molecule has 1 saturated carbocycles. The van der Waals surface area contributed by atoms with E-state index in [1.807, 2.05) is 91.9 Å². The maximum atomic E-state index is 14.1. The van der Waals surface area contributed by atoms with E-state index in [0.717, 1.165) is 38.7 Å².